The van der Waals surface area contributed by atoms with E-state index < -0.39 is 0 Å². The minimum atomic E-state index is 0.0966. The lowest BCUT2D eigenvalue weighted by molar-refractivity contribution is -0.140. The molecule has 2 saturated heterocycles. The van der Waals surface area contributed by atoms with E-state index >= 15 is 0 Å². The number of piperidine rings is 1. The number of hydrogen-bond donors (Lipinski definition) is 0. The van der Waals surface area contributed by atoms with Crippen LogP contribution >= 0.6 is 0 Å². The van der Waals surface area contributed by atoms with Gasteiger partial charge in [0, 0.05) is 26.2 Å². The maximum Gasteiger partial charge on any atom is 0.240 e. The van der Waals surface area contributed by atoms with Crippen molar-refractivity contribution >= 4 is 5.91 Å². The van der Waals surface area contributed by atoms with E-state index in [-0.39, 0.29) is 12.1 Å². The van der Waals surface area contributed by atoms with Crippen LogP contribution in [0.4, 0.5) is 0 Å². The number of likely N-dealkylation sites (N-methyl/N-ethyl adjacent to an activating group) is 1. The summed E-state index contributed by atoms with van der Waals surface area (Å²) in [6.45, 7) is 7.69. The summed E-state index contributed by atoms with van der Waals surface area (Å²) in [6.07, 6.45) is 3.42. The Kier molecular flexibility index (Phi) is 6.63. The van der Waals surface area contributed by atoms with Gasteiger partial charge in [-0.05, 0) is 37.1 Å². The van der Waals surface area contributed by atoms with Crippen LogP contribution in [-0.2, 0) is 4.79 Å². The summed E-state index contributed by atoms with van der Waals surface area (Å²) in [5.41, 5.74) is 2.64. The van der Waals surface area contributed by atoms with Crippen LogP contribution in [0.25, 0.3) is 0 Å². The highest BCUT2D eigenvalue weighted by atomic mass is 16.2. The molecule has 0 radical (unpaired) electrons. The Hall–Kier alpha value is -2.17. The number of hydrogen-bond acceptors (Lipinski definition) is 3. The van der Waals surface area contributed by atoms with Crippen LogP contribution in [0.15, 0.2) is 60.7 Å². The van der Waals surface area contributed by atoms with Crippen molar-refractivity contribution in [2.24, 2.45) is 0 Å². The number of rotatable bonds is 5. The van der Waals surface area contributed by atoms with Gasteiger partial charge in [0.15, 0.2) is 0 Å². The number of carbonyl (C=O) groups is 1. The molecule has 4 heteroatoms. The average Bonchev–Trinajstić information content (AvgIpc) is 2.81. The molecule has 2 aromatic rings. The first-order chi connectivity index (χ1) is 14.3. The molecule has 1 atom stereocenters. The second kappa shape index (κ2) is 9.55. The molecule has 154 valence electrons. The van der Waals surface area contributed by atoms with Gasteiger partial charge in [0.25, 0.3) is 0 Å². The maximum absolute atomic E-state index is 13.2. The van der Waals surface area contributed by atoms with Gasteiger partial charge in [-0.15, -0.1) is 0 Å². The van der Waals surface area contributed by atoms with Gasteiger partial charge < -0.3 is 4.90 Å². The van der Waals surface area contributed by atoms with Gasteiger partial charge in [-0.1, -0.05) is 74.0 Å². The minimum absolute atomic E-state index is 0.0966. The predicted molar refractivity (Wildman–Crippen MR) is 118 cm³/mol. The molecule has 0 unspecified atom stereocenters. The molecule has 0 spiro atoms. The smallest absolute Gasteiger partial charge is 0.240 e. The monoisotopic (exact) mass is 391 g/mol. The van der Waals surface area contributed by atoms with E-state index in [1.165, 1.54) is 24.0 Å². The lowest BCUT2D eigenvalue weighted by atomic mass is 9.96. The Bertz CT molecular complexity index is 732. The number of benzene rings is 2. The van der Waals surface area contributed by atoms with Crippen LogP contribution in [0.1, 0.15) is 43.4 Å². The zero-order chi connectivity index (χ0) is 20.1. The molecule has 2 heterocycles. The molecule has 1 amide bonds. The second-order valence-corrected chi connectivity index (χ2v) is 8.23. The Morgan fingerprint density at radius 3 is 2.00 bits per heavy atom. The fourth-order valence-corrected chi connectivity index (χ4v) is 4.95. The summed E-state index contributed by atoms with van der Waals surface area (Å²) in [5.74, 6) is 0.349. The van der Waals surface area contributed by atoms with Crippen LogP contribution in [-0.4, -0.2) is 65.9 Å². The van der Waals surface area contributed by atoms with Gasteiger partial charge in [-0.3, -0.25) is 14.6 Å². The Morgan fingerprint density at radius 2 is 1.45 bits per heavy atom. The third-order valence-corrected chi connectivity index (χ3v) is 6.53. The van der Waals surface area contributed by atoms with Crippen molar-refractivity contribution in [1.29, 1.82) is 0 Å². The average molecular weight is 392 g/mol. The van der Waals surface area contributed by atoms with Crippen molar-refractivity contribution in [2.45, 2.75) is 38.3 Å². The summed E-state index contributed by atoms with van der Waals surface area (Å²) >= 11 is 0. The Balaban J connectivity index is 1.46. The highest BCUT2D eigenvalue weighted by Gasteiger charge is 2.34. The van der Waals surface area contributed by atoms with Crippen molar-refractivity contribution in [3.8, 4) is 0 Å². The van der Waals surface area contributed by atoms with Gasteiger partial charge in [-0.2, -0.15) is 0 Å². The molecule has 0 N–H and O–H groups in total. The molecule has 0 aromatic heterocycles. The maximum atomic E-state index is 13.2. The molecular formula is C25H33N3O. The van der Waals surface area contributed by atoms with Crippen molar-refractivity contribution in [2.75, 3.05) is 39.3 Å². The van der Waals surface area contributed by atoms with E-state index in [0.29, 0.717) is 5.91 Å². The van der Waals surface area contributed by atoms with E-state index in [1.54, 1.807) is 0 Å². The molecule has 2 aliphatic heterocycles. The summed E-state index contributed by atoms with van der Waals surface area (Å²) in [6, 6.07) is 21.8. The minimum Gasteiger partial charge on any atom is -0.339 e. The van der Waals surface area contributed by atoms with Crippen LogP contribution in [0, 0.1) is 0 Å². The number of amides is 1. The summed E-state index contributed by atoms with van der Waals surface area (Å²) < 4.78 is 0. The van der Waals surface area contributed by atoms with Crippen molar-refractivity contribution < 1.29 is 4.79 Å². The first kappa shape index (κ1) is 20.1. The molecule has 0 bridgehead atoms. The number of nitrogens with zero attached hydrogens (tertiary/aromatic N) is 3. The number of piperazine rings is 1. The summed E-state index contributed by atoms with van der Waals surface area (Å²) in [7, 11) is 0. The lowest BCUT2D eigenvalue weighted by Gasteiger charge is -2.42. The SMILES string of the molecule is CCN1CCCC[C@@H]1C(=O)N1CCN(C(c2ccccc2)c2ccccc2)CC1. The molecular weight excluding hydrogens is 358 g/mol. The molecule has 0 aliphatic carbocycles. The highest BCUT2D eigenvalue weighted by molar-refractivity contribution is 5.82. The third kappa shape index (κ3) is 4.54. The first-order valence-electron chi connectivity index (χ1n) is 11.1. The molecule has 2 fully saturated rings. The van der Waals surface area contributed by atoms with Crippen LogP contribution in [0.3, 0.4) is 0 Å². The van der Waals surface area contributed by atoms with Crippen molar-refractivity contribution in [1.82, 2.24) is 14.7 Å². The van der Waals surface area contributed by atoms with Crippen LogP contribution in [0.2, 0.25) is 0 Å². The van der Waals surface area contributed by atoms with Gasteiger partial charge >= 0.3 is 0 Å². The van der Waals surface area contributed by atoms with Crippen LogP contribution in [0.5, 0.6) is 0 Å². The predicted octanol–water partition coefficient (Wildman–Crippen LogP) is 3.79. The van der Waals surface area contributed by atoms with E-state index in [0.717, 1.165) is 45.7 Å². The standard InChI is InChI=1S/C25H33N3O/c1-2-26-16-10-9-15-23(26)25(29)28-19-17-27(18-20-28)24(21-11-5-3-6-12-21)22-13-7-4-8-14-22/h3-8,11-14,23-24H,2,9-10,15-20H2,1H3/t23-/m1/s1. The largest absolute Gasteiger partial charge is 0.339 e. The van der Waals surface area contributed by atoms with E-state index in [4.69, 9.17) is 0 Å². The normalized spacial score (nSPS) is 21.4. The Morgan fingerprint density at radius 1 is 0.862 bits per heavy atom. The topological polar surface area (TPSA) is 26.8 Å². The third-order valence-electron chi connectivity index (χ3n) is 6.53. The van der Waals surface area contributed by atoms with E-state index in [2.05, 4.69) is 82.3 Å². The molecule has 2 aliphatic rings. The fraction of sp³-hybridized carbons (Fsp3) is 0.480. The van der Waals surface area contributed by atoms with Gasteiger partial charge in [0.1, 0.15) is 0 Å². The zero-order valence-corrected chi connectivity index (χ0v) is 17.5. The first-order valence-corrected chi connectivity index (χ1v) is 11.1. The van der Waals surface area contributed by atoms with E-state index in [9.17, 15) is 4.79 Å². The fourth-order valence-electron chi connectivity index (χ4n) is 4.95. The van der Waals surface area contributed by atoms with E-state index in [1.807, 2.05) is 0 Å². The van der Waals surface area contributed by atoms with Crippen LogP contribution < -0.4 is 0 Å². The second-order valence-electron chi connectivity index (χ2n) is 8.23. The lowest BCUT2D eigenvalue weighted by Crippen LogP contribution is -2.56. The molecule has 2 aromatic carbocycles. The Labute approximate surface area is 175 Å². The van der Waals surface area contributed by atoms with Gasteiger partial charge in [0.2, 0.25) is 5.91 Å². The molecule has 0 saturated carbocycles. The van der Waals surface area contributed by atoms with Gasteiger partial charge in [0.05, 0.1) is 12.1 Å². The highest BCUT2D eigenvalue weighted by Crippen LogP contribution is 2.30. The van der Waals surface area contributed by atoms with Crippen molar-refractivity contribution in [3.63, 3.8) is 0 Å². The summed E-state index contributed by atoms with van der Waals surface area (Å²) in [5, 5.41) is 0. The summed E-state index contributed by atoms with van der Waals surface area (Å²) in [4.78, 5) is 20.2. The molecule has 29 heavy (non-hydrogen) atoms. The zero-order valence-electron chi connectivity index (χ0n) is 17.5. The quantitative estimate of drug-likeness (QED) is 0.776. The number of carbonyl (C=O) groups excluding carboxylic acids is 1. The molecule has 4 nitrogen and oxygen atoms in total. The van der Waals surface area contributed by atoms with Gasteiger partial charge in [-0.25, -0.2) is 0 Å². The number of likely N-dealkylation sites (tertiary alicyclic amines) is 1. The van der Waals surface area contributed by atoms with Crippen molar-refractivity contribution in [3.05, 3.63) is 71.8 Å². The molecule has 4 rings (SSSR count).